The van der Waals surface area contributed by atoms with E-state index in [4.69, 9.17) is 31.8 Å². The standard InChI is InChI=1S/C25H28N8O2.C21H25ClO6/c1-4-5-13-32-21-22(29-24(32)31-12-8-9-17(26)14-31)30(3)25(35)33(23(21)34)15-20-27-16(2)18-10-6-7-11-19(18)28-20;1-2-27-15-6-3-12(4-7-15)9-14-10-13(5-8-16(14)22)21-20(26)19(25)18(24)17(11-23)28-21/h6-7,10-11,17H,8-9,12-15,26H2,1-3H3;3-8,10,17-21,23-26H,2,9,11H2,1H3/t17-;17-,18-,19+,20-,21+/m11/s1. The number of nitrogens with two attached hydrogens (primary N) is 1. The summed E-state index contributed by atoms with van der Waals surface area (Å²) in [6.45, 7) is 7.38. The quantitative estimate of drug-likeness (QED) is 0.125. The smallest absolute Gasteiger partial charge is 0.332 e. The zero-order valence-electron chi connectivity index (χ0n) is 35.7. The van der Waals surface area contributed by atoms with Crippen molar-refractivity contribution in [1.29, 1.82) is 0 Å². The van der Waals surface area contributed by atoms with Crippen LogP contribution < -0.4 is 26.6 Å². The number of rotatable bonds is 10. The number of fused-ring (bicyclic) bond motifs is 2. The van der Waals surface area contributed by atoms with Crippen molar-refractivity contribution in [3.63, 3.8) is 0 Å². The van der Waals surface area contributed by atoms with Gasteiger partial charge in [-0.2, -0.15) is 4.98 Å². The number of piperidine rings is 1. The summed E-state index contributed by atoms with van der Waals surface area (Å²) in [4.78, 5) is 43.0. The molecular weight excluding hydrogens is 828 g/mol. The molecule has 6 N–H and O–H groups in total. The van der Waals surface area contributed by atoms with Crippen LogP contribution in [-0.2, 0) is 31.3 Å². The van der Waals surface area contributed by atoms with E-state index in [-0.39, 0.29) is 19.1 Å². The molecule has 3 aromatic carbocycles. The van der Waals surface area contributed by atoms with Gasteiger partial charge in [0.25, 0.3) is 5.56 Å². The van der Waals surface area contributed by atoms with Gasteiger partial charge in [0.05, 0.1) is 31.8 Å². The monoisotopic (exact) mass is 880 g/mol. The minimum Gasteiger partial charge on any atom is -0.494 e. The van der Waals surface area contributed by atoms with E-state index in [0.717, 1.165) is 52.9 Å². The van der Waals surface area contributed by atoms with Crippen LogP contribution in [0.15, 0.2) is 76.3 Å². The van der Waals surface area contributed by atoms with Gasteiger partial charge in [-0.1, -0.05) is 60.0 Å². The maximum absolute atomic E-state index is 13.7. The largest absolute Gasteiger partial charge is 0.494 e. The molecule has 0 aliphatic carbocycles. The van der Waals surface area contributed by atoms with E-state index < -0.39 is 48.4 Å². The van der Waals surface area contributed by atoms with Gasteiger partial charge < -0.3 is 40.5 Å². The fourth-order valence-corrected chi connectivity index (χ4v) is 8.31. The molecule has 0 unspecified atom stereocenters. The van der Waals surface area contributed by atoms with Crippen LogP contribution in [0.25, 0.3) is 22.1 Å². The molecule has 0 radical (unpaired) electrons. The van der Waals surface area contributed by atoms with Gasteiger partial charge in [-0.15, -0.1) is 5.92 Å². The van der Waals surface area contributed by atoms with E-state index in [9.17, 15) is 30.0 Å². The summed E-state index contributed by atoms with van der Waals surface area (Å²) >= 11 is 6.35. The van der Waals surface area contributed by atoms with Crippen molar-refractivity contribution in [2.75, 3.05) is 31.2 Å². The Morgan fingerprint density at radius 1 is 0.984 bits per heavy atom. The van der Waals surface area contributed by atoms with E-state index in [0.29, 0.717) is 53.1 Å². The van der Waals surface area contributed by atoms with Crippen LogP contribution in [0.5, 0.6) is 5.75 Å². The highest BCUT2D eigenvalue weighted by atomic mass is 35.5. The first-order valence-electron chi connectivity index (χ1n) is 21.0. The topological polar surface area (TPSA) is 216 Å². The Labute approximate surface area is 369 Å². The van der Waals surface area contributed by atoms with E-state index in [1.165, 1.54) is 9.13 Å². The van der Waals surface area contributed by atoms with Crippen LogP contribution >= 0.6 is 11.6 Å². The number of anilines is 1. The minimum atomic E-state index is -1.42. The zero-order chi connectivity index (χ0) is 44.9. The van der Waals surface area contributed by atoms with Gasteiger partial charge in [0.1, 0.15) is 42.1 Å². The van der Waals surface area contributed by atoms with Crippen molar-refractivity contribution in [1.82, 2.24) is 28.7 Å². The lowest BCUT2D eigenvalue weighted by Gasteiger charge is -2.40. The number of imidazole rings is 1. The van der Waals surface area contributed by atoms with Gasteiger partial charge in [-0.05, 0) is 81.0 Å². The summed E-state index contributed by atoms with van der Waals surface area (Å²) in [5.41, 5.74) is 10.0. The van der Waals surface area contributed by atoms with E-state index in [1.807, 2.05) is 68.4 Å². The van der Waals surface area contributed by atoms with Crippen LogP contribution in [0.4, 0.5) is 5.95 Å². The van der Waals surface area contributed by atoms with Gasteiger partial charge in [0, 0.05) is 42.3 Å². The highest BCUT2D eigenvalue weighted by Gasteiger charge is 2.44. The fourth-order valence-electron chi connectivity index (χ4n) is 8.12. The first kappa shape index (κ1) is 45.4. The molecule has 0 amide bonds. The third-order valence-electron chi connectivity index (χ3n) is 11.4. The second kappa shape index (κ2) is 19.8. The highest BCUT2D eigenvalue weighted by molar-refractivity contribution is 6.31. The van der Waals surface area contributed by atoms with Crippen LogP contribution in [0.3, 0.4) is 0 Å². The summed E-state index contributed by atoms with van der Waals surface area (Å²) < 4.78 is 15.5. The third kappa shape index (κ3) is 9.65. The predicted molar refractivity (Wildman–Crippen MR) is 240 cm³/mol. The molecule has 2 fully saturated rings. The normalized spacial score (nSPS) is 21.1. The number of aliphatic hydroxyl groups is 4. The van der Waals surface area contributed by atoms with Crippen LogP contribution in [0.2, 0.25) is 5.02 Å². The lowest BCUT2D eigenvalue weighted by Crippen LogP contribution is -2.55. The number of benzene rings is 3. The molecule has 16 nitrogen and oxygen atoms in total. The average molecular weight is 881 g/mol. The molecule has 2 saturated heterocycles. The molecule has 2 aliphatic rings. The summed E-state index contributed by atoms with van der Waals surface area (Å²) in [6, 6.07) is 20.6. The lowest BCUT2D eigenvalue weighted by atomic mass is 9.90. The predicted octanol–water partition coefficient (Wildman–Crippen LogP) is 2.99. The van der Waals surface area contributed by atoms with Crippen molar-refractivity contribution in [2.24, 2.45) is 12.8 Å². The van der Waals surface area contributed by atoms with E-state index >= 15 is 0 Å². The van der Waals surface area contributed by atoms with Crippen LogP contribution in [0.1, 0.15) is 61.0 Å². The Bertz CT molecular complexity index is 2760. The summed E-state index contributed by atoms with van der Waals surface area (Å²) in [5.74, 6) is 7.75. The van der Waals surface area contributed by atoms with Gasteiger partial charge in [-0.25, -0.2) is 14.8 Å². The Balaban J connectivity index is 0.000000194. The molecule has 17 heteroatoms. The molecule has 3 aromatic heterocycles. The van der Waals surface area contributed by atoms with E-state index in [2.05, 4.69) is 26.7 Å². The van der Waals surface area contributed by atoms with Gasteiger partial charge in [0.2, 0.25) is 5.95 Å². The molecule has 332 valence electrons. The molecule has 0 spiro atoms. The SMILES string of the molecule is CC#CCn1c(N2CCC[C@@H](N)C2)nc2c1c(=O)n(Cc1nc(C)c3ccccc3n1)c(=O)n2C.CCOc1ccc(Cc2cc([C@@H]3O[C@H](CO)[C@@H](O)[C@H](O)[C@H]3O)ccc2Cl)cc1. The number of nitrogens with zero attached hydrogens (tertiary/aromatic N) is 7. The molecule has 8 rings (SSSR count). The summed E-state index contributed by atoms with van der Waals surface area (Å²) in [6.07, 6.45) is -3.50. The molecule has 2 aliphatic heterocycles. The molecule has 0 bridgehead atoms. The molecule has 6 aromatic rings. The number of hydrogen-bond acceptors (Lipinski definition) is 13. The van der Waals surface area contributed by atoms with Gasteiger partial charge >= 0.3 is 5.69 Å². The average Bonchev–Trinajstić information content (AvgIpc) is 3.67. The van der Waals surface area contributed by atoms with E-state index in [1.54, 1.807) is 30.7 Å². The van der Waals surface area contributed by atoms with Crippen molar-refractivity contribution in [3.8, 4) is 17.6 Å². The number of aryl methyl sites for hydroxylation is 2. The number of hydrogen-bond donors (Lipinski definition) is 5. The lowest BCUT2D eigenvalue weighted by molar-refractivity contribution is -0.231. The molecule has 63 heavy (non-hydrogen) atoms. The molecule has 6 atom stereocenters. The molecule has 0 saturated carbocycles. The van der Waals surface area contributed by atoms with Crippen LogP contribution in [0, 0.1) is 18.8 Å². The third-order valence-corrected chi connectivity index (χ3v) is 11.8. The molecular formula is C46H53ClN8O8. The molecule has 5 heterocycles. The second-order valence-electron chi connectivity index (χ2n) is 15.8. The first-order valence-corrected chi connectivity index (χ1v) is 21.3. The van der Waals surface area contributed by atoms with Gasteiger partial charge in [0.15, 0.2) is 11.2 Å². The Kier molecular flexibility index (Phi) is 14.3. The Morgan fingerprint density at radius 2 is 1.75 bits per heavy atom. The number of ether oxygens (including phenoxy) is 2. The van der Waals surface area contributed by atoms with Crippen LogP contribution in [-0.4, -0.2) is 106 Å². The van der Waals surface area contributed by atoms with Crippen molar-refractivity contribution in [2.45, 2.75) is 89.7 Å². The maximum Gasteiger partial charge on any atom is 0.332 e. The summed E-state index contributed by atoms with van der Waals surface area (Å²) in [7, 11) is 1.63. The highest BCUT2D eigenvalue weighted by Crippen LogP contribution is 2.34. The number of aliphatic hydroxyl groups excluding tert-OH is 4. The Morgan fingerprint density at radius 3 is 2.46 bits per heavy atom. The number of para-hydroxylation sites is 1. The fraction of sp³-hybridized carbons (Fsp3) is 0.413. The second-order valence-corrected chi connectivity index (χ2v) is 16.2. The summed E-state index contributed by atoms with van der Waals surface area (Å²) in [5, 5.41) is 41.2. The number of halogens is 1. The number of aromatic nitrogens is 6. The maximum atomic E-state index is 13.7. The van der Waals surface area contributed by atoms with Crippen molar-refractivity contribution < 1.29 is 29.9 Å². The first-order chi connectivity index (χ1) is 30.3. The van der Waals surface area contributed by atoms with Crippen molar-refractivity contribution in [3.05, 3.63) is 121 Å². The zero-order valence-corrected chi connectivity index (χ0v) is 36.4. The Hall–Kier alpha value is -5.64. The van der Waals surface area contributed by atoms with Gasteiger partial charge in [-0.3, -0.25) is 18.5 Å². The van der Waals surface area contributed by atoms with Crippen molar-refractivity contribution >= 4 is 39.6 Å². The minimum absolute atomic E-state index is 0.0306.